The van der Waals surface area contributed by atoms with Crippen molar-refractivity contribution in [1.82, 2.24) is 19.6 Å². The lowest BCUT2D eigenvalue weighted by Gasteiger charge is -2.26. The highest BCUT2D eigenvalue weighted by atomic mass is 79.9. The molecule has 2 aliphatic heterocycles. The molecule has 1 amide bonds. The molecule has 2 fully saturated rings. The van der Waals surface area contributed by atoms with Crippen LogP contribution in [-0.2, 0) is 24.9 Å². The van der Waals surface area contributed by atoms with Crippen molar-refractivity contribution in [3.05, 3.63) is 72.2 Å². The fourth-order valence-electron chi connectivity index (χ4n) is 5.35. The van der Waals surface area contributed by atoms with Crippen LogP contribution in [0.3, 0.4) is 0 Å². The standard InChI is InChI=1S/C28H36N5O2.BrH/c1-28(2,3)35-27(34)33-19-23-16-32(17-24(23)20-33)18-25-15-30(4)29-26(25)22-10-12-31(13-11-22)14-21-8-6-5-7-9-21;/h5-13,15,23-24H,14,16-20H2,1-4H3;1H/q+1;/p-1. The maximum absolute atomic E-state index is 12.5. The molecule has 7 nitrogen and oxygen atoms in total. The molecule has 2 saturated heterocycles. The number of likely N-dealkylation sites (tertiary alicyclic amines) is 2. The molecule has 0 radical (unpaired) electrons. The van der Waals surface area contributed by atoms with E-state index in [-0.39, 0.29) is 23.1 Å². The number of aromatic nitrogens is 3. The Bertz CT molecular complexity index is 1160. The molecule has 5 rings (SSSR count). The predicted octanol–water partition coefficient (Wildman–Crippen LogP) is 0.726. The van der Waals surface area contributed by atoms with E-state index in [9.17, 15) is 4.79 Å². The molecule has 0 bridgehead atoms. The van der Waals surface area contributed by atoms with Crippen LogP contribution in [0.2, 0.25) is 0 Å². The van der Waals surface area contributed by atoms with Crippen LogP contribution in [0.4, 0.5) is 4.79 Å². The van der Waals surface area contributed by atoms with Gasteiger partial charge in [0, 0.05) is 74.8 Å². The molecule has 0 aliphatic carbocycles. The highest BCUT2D eigenvalue weighted by Gasteiger charge is 2.42. The molecule has 2 aliphatic rings. The lowest BCUT2D eigenvalue weighted by atomic mass is 10.0. The summed E-state index contributed by atoms with van der Waals surface area (Å²) in [5.41, 5.74) is 4.27. The lowest BCUT2D eigenvalue weighted by molar-refractivity contribution is -0.688. The van der Waals surface area contributed by atoms with Crippen molar-refractivity contribution in [2.75, 3.05) is 26.2 Å². The van der Waals surface area contributed by atoms with Gasteiger partial charge in [0.15, 0.2) is 18.9 Å². The number of nitrogens with zero attached hydrogens (tertiary/aromatic N) is 5. The van der Waals surface area contributed by atoms with E-state index in [2.05, 4.69) is 64.5 Å². The summed E-state index contributed by atoms with van der Waals surface area (Å²) in [6, 6.07) is 14.8. The minimum Gasteiger partial charge on any atom is -1.00 e. The SMILES string of the molecule is Cn1cc(CN2CC3CN(C(=O)OC(C)(C)C)CC3C2)c(-c2cc[n+](Cc3ccccc3)cc2)n1.[Br-]. The summed E-state index contributed by atoms with van der Waals surface area (Å²) >= 11 is 0. The van der Waals surface area contributed by atoms with E-state index in [4.69, 9.17) is 9.84 Å². The maximum atomic E-state index is 12.5. The molecule has 2 aromatic heterocycles. The molecule has 0 spiro atoms. The molecule has 1 aromatic carbocycles. The molecular weight excluding hydrogens is 518 g/mol. The highest BCUT2D eigenvalue weighted by molar-refractivity contribution is 5.68. The Morgan fingerprint density at radius 2 is 1.67 bits per heavy atom. The van der Waals surface area contributed by atoms with Crippen LogP contribution < -0.4 is 21.5 Å². The Labute approximate surface area is 224 Å². The number of benzene rings is 1. The first kappa shape index (κ1) is 26.4. The average Bonchev–Trinajstić information content (AvgIpc) is 3.47. The number of hydrogen-bond acceptors (Lipinski definition) is 4. The summed E-state index contributed by atoms with van der Waals surface area (Å²) in [6.45, 7) is 11.1. The molecule has 4 heterocycles. The van der Waals surface area contributed by atoms with Gasteiger partial charge in [-0.2, -0.15) is 5.10 Å². The van der Waals surface area contributed by atoms with Crippen LogP contribution >= 0.6 is 0 Å². The second kappa shape index (κ2) is 10.7. The van der Waals surface area contributed by atoms with Crippen molar-refractivity contribution in [3.63, 3.8) is 0 Å². The molecule has 0 saturated carbocycles. The number of pyridine rings is 1. The van der Waals surface area contributed by atoms with Crippen molar-refractivity contribution in [2.45, 2.75) is 39.5 Å². The Hall–Kier alpha value is -2.71. The number of ether oxygens (including phenoxy) is 1. The number of hydrogen-bond donors (Lipinski definition) is 0. The van der Waals surface area contributed by atoms with Crippen LogP contribution in [-0.4, -0.2) is 57.5 Å². The highest BCUT2D eigenvalue weighted by Crippen LogP contribution is 2.33. The van der Waals surface area contributed by atoms with Crippen molar-refractivity contribution in [2.24, 2.45) is 18.9 Å². The molecule has 192 valence electrons. The third kappa shape index (κ3) is 6.16. The summed E-state index contributed by atoms with van der Waals surface area (Å²) < 4.78 is 9.69. The topological polar surface area (TPSA) is 54.5 Å². The monoisotopic (exact) mass is 553 g/mol. The fourth-order valence-corrected chi connectivity index (χ4v) is 5.35. The smallest absolute Gasteiger partial charge is 0.410 e. The quantitative estimate of drug-likeness (QED) is 0.437. The van der Waals surface area contributed by atoms with E-state index in [1.807, 2.05) is 43.5 Å². The Balaban J connectivity index is 0.00000304. The van der Waals surface area contributed by atoms with Gasteiger partial charge in [0.2, 0.25) is 0 Å². The number of fused-ring (bicyclic) bond motifs is 1. The van der Waals surface area contributed by atoms with Gasteiger partial charge in [0.1, 0.15) is 5.60 Å². The van der Waals surface area contributed by atoms with E-state index in [1.165, 1.54) is 11.1 Å². The van der Waals surface area contributed by atoms with Gasteiger partial charge in [-0.15, -0.1) is 0 Å². The molecular formula is C28H36BrN5O2. The number of halogens is 1. The minimum absolute atomic E-state index is 0. The summed E-state index contributed by atoms with van der Waals surface area (Å²) in [4.78, 5) is 16.9. The van der Waals surface area contributed by atoms with Gasteiger partial charge in [0.25, 0.3) is 0 Å². The van der Waals surface area contributed by atoms with E-state index in [1.54, 1.807) is 0 Å². The van der Waals surface area contributed by atoms with Crippen molar-refractivity contribution in [3.8, 4) is 11.3 Å². The Morgan fingerprint density at radius 1 is 1.03 bits per heavy atom. The molecule has 2 unspecified atom stereocenters. The second-order valence-corrected chi connectivity index (χ2v) is 11.0. The van der Waals surface area contributed by atoms with E-state index in [0.29, 0.717) is 11.8 Å². The van der Waals surface area contributed by atoms with Gasteiger partial charge in [0.05, 0.1) is 5.69 Å². The van der Waals surface area contributed by atoms with E-state index >= 15 is 0 Å². The number of carbonyl (C=O) groups is 1. The van der Waals surface area contributed by atoms with Crippen molar-refractivity contribution >= 4 is 6.09 Å². The average molecular weight is 555 g/mol. The first-order valence-electron chi connectivity index (χ1n) is 12.5. The molecule has 36 heavy (non-hydrogen) atoms. The fraction of sp³-hybridized carbons (Fsp3) is 0.464. The van der Waals surface area contributed by atoms with Crippen molar-refractivity contribution < 1.29 is 31.1 Å². The summed E-state index contributed by atoms with van der Waals surface area (Å²) in [5.74, 6) is 1.02. The van der Waals surface area contributed by atoms with Crippen LogP contribution in [0.1, 0.15) is 31.9 Å². The summed E-state index contributed by atoms with van der Waals surface area (Å²) in [5, 5.41) is 4.79. The van der Waals surface area contributed by atoms with E-state index in [0.717, 1.165) is 50.5 Å². The van der Waals surface area contributed by atoms with Crippen LogP contribution in [0, 0.1) is 11.8 Å². The number of rotatable bonds is 5. The second-order valence-electron chi connectivity index (χ2n) is 11.0. The maximum Gasteiger partial charge on any atom is 0.410 e. The molecule has 2 atom stereocenters. The van der Waals surface area contributed by atoms with Gasteiger partial charge in [-0.25, -0.2) is 9.36 Å². The summed E-state index contributed by atoms with van der Waals surface area (Å²) in [6.07, 6.45) is 6.22. The lowest BCUT2D eigenvalue weighted by Crippen LogP contribution is -3.00. The third-order valence-corrected chi connectivity index (χ3v) is 6.88. The Morgan fingerprint density at radius 3 is 2.28 bits per heavy atom. The molecule has 0 N–H and O–H groups in total. The van der Waals surface area contributed by atoms with Crippen LogP contribution in [0.15, 0.2) is 61.1 Å². The first-order chi connectivity index (χ1) is 16.7. The van der Waals surface area contributed by atoms with Gasteiger partial charge in [-0.1, -0.05) is 30.3 Å². The number of amides is 1. The normalized spacial score (nSPS) is 19.7. The first-order valence-corrected chi connectivity index (χ1v) is 12.5. The Kier molecular flexibility index (Phi) is 7.85. The molecule has 8 heteroatoms. The van der Waals surface area contributed by atoms with Crippen molar-refractivity contribution in [1.29, 1.82) is 0 Å². The number of aryl methyl sites for hydroxylation is 1. The zero-order valence-corrected chi connectivity index (χ0v) is 23.2. The van der Waals surface area contributed by atoms with Gasteiger partial charge in [-0.3, -0.25) is 9.58 Å². The van der Waals surface area contributed by atoms with Crippen LogP contribution in [0.25, 0.3) is 11.3 Å². The van der Waals surface area contributed by atoms with Gasteiger partial charge >= 0.3 is 6.09 Å². The predicted molar refractivity (Wildman–Crippen MR) is 134 cm³/mol. The zero-order chi connectivity index (χ0) is 24.6. The summed E-state index contributed by atoms with van der Waals surface area (Å²) in [7, 11) is 1.99. The van der Waals surface area contributed by atoms with Crippen LogP contribution in [0.5, 0.6) is 0 Å². The zero-order valence-electron chi connectivity index (χ0n) is 21.6. The molecule has 3 aromatic rings. The third-order valence-electron chi connectivity index (χ3n) is 6.88. The van der Waals surface area contributed by atoms with E-state index < -0.39 is 5.60 Å². The minimum atomic E-state index is -0.449. The largest absolute Gasteiger partial charge is 1.00 e. The number of carbonyl (C=O) groups excluding carboxylic acids is 1. The van der Waals surface area contributed by atoms with Gasteiger partial charge < -0.3 is 26.6 Å². The van der Waals surface area contributed by atoms with Gasteiger partial charge in [-0.05, 0) is 32.6 Å².